The van der Waals surface area contributed by atoms with Gasteiger partial charge in [0.25, 0.3) is 5.91 Å². The average Bonchev–Trinajstić information content (AvgIpc) is 3.26. The third-order valence-corrected chi connectivity index (χ3v) is 7.77. The Hall–Kier alpha value is -2.32. The van der Waals surface area contributed by atoms with Crippen molar-refractivity contribution < 1.29 is 9.53 Å². The zero-order valence-electron chi connectivity index (χ0n) is 18.7. The highest BCUT2D eigenvalue weighted by Gasteiger charge is 2.42. The maximum atomic E-state index is 13.0. The number of hydrogen-bond acceptors (Lipinski definition) is 5. The summed E-state index contributed by atoms with van der Waals surface area (Å²) in [5.74, 6) is 0.970. The minimum absolute atomic E-state index is 0.0983. The van der Waals surface area contributed by atoms with Crippen molar-refractivity contribution in [2.24, 2.45) is 5.41 Å². The van der Waals surface area contributed by atoms with Crippen LogP contribution >= 0.6 is 24.0 Å². The SMILES string of the molecule is COc1ccccc1CNC(=S)N1CCC2(CCN(C(=O)c3cccnc3SC)CC2)C1. The van der Waals surface area contributed by atoms with Crippen LogP contribution in [0.4, 0.5) is 0 Å². The molecule has 0 radical (unpaired) electrons. The van der Waals surface area contributed by atoms with E-state index in [9.17, 15) is 4.79 Å². The molecule has 170 valence electrons. The lowest BCUT2D eigenvalue weighted by Crippen LogP contribution is -2.45. The summed E-state index contributed by atoms with van der Waals surface area (Å²) in [4.78, 5) is 21.7. The minimum Gasteiger partial charge on any atom is -0.496 e. The van der Waals surface area contributed by atoms with Gasteiger partial charge in [0.2, 0.25) is 0 Å². The summed E-state index contributed by atoms with van der Waals surface area (Å²) in [7, 11) is 1.69. The van der Waals surface area contributed by atoms with E-state index in [2.05, 4.69) is 21.3 Å². The molecule has 2 aliphatic heterocycles. The van der Waals surface area contributed by atoms with Crippen molar-refractivity contribution in [3.8, 4) is 5.75 Å². The molecule has 0 atom stereocenters. The second-order valence-corrected chi connectivity index (χ2v) is 9.68. The zero-order valence-corrected chi connectivity index (χ0v) is 20.3. The van der Waals surface area contributed by atoms with Crippen LogP contribution in [-0.4, -0.2) is 65.3 Å². The predicted molar refractivity (Wildman–Crippen MR) is 132 cm³/mol. The van der Waals surface area contributed by atoms with E-state index in [1.54, 1.807) is 13.3 Å². The van der Waals surface area contributed by atoms with Gasteiger partial charge in [-0.25, -0.2) is 4.98 Å². The number of amides is 1. The van der Waals surface area contributed by atoms with Crippen molar-refractivity contribution in [3.05, 3.63) is 53.7 Å². The van der Waals surface area contributed by atoms with Gasteiger partial charge in [0, 0.05) is 44.5 Å². The summed E-state index contributed by atoms with van der Waals surface area (Å²) in [6.45, 7) is 4.14. The Morgan fingerprint density at radius 1 is 1.16 bits per heavy atom. The number of nitrogens with one attached hydrogen (secondary N) is 1. The van der Waals surface area contributed by atoms with Crippen molar-refractivity contribution in [1.29, 1.82) is 0 Å². The normalized spacial score (nSPS) is 17.4. The molecule has 1 amide bonds. The molecule has 4 rings (SSSR count). The van der Waals surface area contributed by atoms with Crippen LogP contribution in [0.3, 0.4) is 0 Å². The van der Waals surface area contributed by atoms with Crippen molar-refractivity contribution in [2.75, 3.05) is 39.5 Å². The lowest BCUT2D eigenvalue weighted by atomic mass is 9.77. The second-order valence-electron chi connectivity index (χ2n) is 8.49. The maximum Gasteiger partial charge on any atom is 0.256 e. The molecule has 1 aromatic carbocycles. The second kappa shape index (κ2) is 10.1. The molecule has 2 aromatic rings. The Balaban J connectivity index is 1.31. The molecule has 2 fully saturated rings. The zero-order chi connectivity index (χ0) is 22.6. The number of hydrogen-bond donors (Lipinski definition) is 1. The van der Waals surface area contributed by atoms with Gasteiger partial charge in [0.15, 0.2) is 5.11 Å². The summed E-state index contributed by atoms with van der Waals surface area (Å²) in [6, 6.07) is 11.7. The first kappa shape index (κ1) is 22.9. The monoisotopic (exact) mass is 470 g/mol. The number of nitrogens with zero attached hydrogens (tertiary/aromatic N) is 3. The van der Waals surface area contributed by atoms with Gasteiger partial charge in [0.1, 0.15) is 10.8 Å². The highest BCUT2D eigenvalue weighted by molar-refractivity contribution is 7.98. The fourth-order valence-electron chi connectivity index (χ4n) is 4.72. The van der Waals surface area contributed by atoms with E-state index in [1.807, 2.05) is 41.5 Å². The molecule has 1 aromatic heterocycles. The quantitative estimate of drug-likeness (QED) is 0.527. The summed E-state index contributed by atoms with van der Waals surface area (Å²) in [5.41, 5.74) is 2.05. The minimum atomic E-state index is 0.0983. The first-order valence-corrected chi connectivity index (χ1v) is 12.6. The summed E-state index contributed by atoms with van der Waals surface area (Å²) in [6.07, 6.45) is 6.85. The molecule has 6 nitrogen and oxygen atoms in total. The maximum absolute atomic E-state index is 13.0. The summed E-state index contributed by atoms with van der Waals surface area (Å²) >= 11 is 7.22. The van der Waals surface area contributed by atoms with Crippen LogP contribution in [0, 0.1) is 5.41 Å². The molecule has 3 heterocycles. The number of methoxy groups -OCH3 is 1. The van der Waals surface area contributed by atoms with E-state index in [-0.39, 0.29) is 11.3 Å². The van der Waals surface area contributed by atoms with Crippen LogP contribution in [0.5, 0.6) is 5.75 Å². The molecule has 1 N–H and O–H groups in total. The van der Waals surface area contributed by atoms with Gasteiger partial charge in [0.05, 0.1) is 12.7 Å². The number of thioether (sulfide) groups is 1. The smallest absolute Gasteiger partial charge is 0.256 e. The van der Waals surface area contributed by atoms with Crippen LogP contribution in [0.2, 0.25) is 0 Å². The van der Waals surface area contributed by atoms with Crippen molar-refractivity contribution in [3.63, 3.8) is 0 Å². The number of thiocarbonyl (C=S) groups is 1. The number of benzene rings is 1. The van der Waals surface area contributed by atoms with Gasteiger partial charge < -0.3 is 19.9 Å². The van der Waals surface area contributed by atoms with Crippen LogP contribution in [0.1, 0.15) is 35.2 Å². The Kier molecular flexibility index (Phi) is 7.20. The Morgan fingerprint density at radius 3 is 2.59 bits per heavy atom. The van der Waals surface area contributed by atoms with E-state index >= 15 is 0 Å². The van der Waals surface area contributed by atoms with Crippen molar-refractivity contribution >= 4 is 35.0 Å². The lowest BCUT2D eigenvalue weighted by molar-refractivity contribution is 0.0594. The number of aromatic nitrogens is 1. The molecule has 0 aliphatic carbocycles. The topological polar surface area (TPSA) is 57.7 Å². The van der Waals surface area contributed by atoms with Gasteiger partial charge in [-0.1, -0.05) is 18.2 Å². The van der Waals surface area contributed by atoms with Gasteiger partial charge in [-0.2, -0.15) is 0 Å². The van der Waals surface area contributed by atoms with Crippen molar-refractivity contribution in [1.82, 2.24) is 20.1 Å². The average molecular weight is 471 g/mol. The molecule has 0 saturated carbocycles. The van der Waals surface area contributed by atoms with Crippen LogP contribution < -0.4 is 10.1 Å². The van der Waals surface area contributed by atoms with E-state index in [4.69, 9.17) is 17.0 Å². The molecular formula is C24H30N4O2S2. The van der Waals surface area contributed by atoms with Crippen LogP contribution in [0.25, 0.3) is 0 Å². The van der Waals surface area contributed by atoms with Gasteiger partial charge in [-0.3, -0.25) is 4.79 Å². The lowest BCUT2D eigenvalue weighted by Gasteiger charge is -2.39. The molecule has 2 aliphatic rings. The summed E-state index contributed by atoms with van der Waals surface area (Å²) < 4.78 is 5.43. The predicted octanol–water partition coefficient (Wildman–Crippen LogP) is 3.81. The first-order valence-electron chi connectivity index (χ1n) is 11.0. The number of rotatable bonds is 5. The highest BCUT2D eigenvalue weighted by Crippen LogP contribution is 2.40. The molecule has 0 bridgehead atoms. The fraction of sp³-hybridized carbons (Fsp3) is 0.458. The van der Waals surface area contributed by atoms with Gasteiger partial charge in [-0.05, 0) is 61.4 Å². The Labute approximate surface area is 199 Å². The Morgan fingerprint density at radius 2 is 1.88 bits per heavy atom. The fourth-order valence-corrected chi connectivity index (χ4v) is 5.49. The van der Waals surface area contributed by atoms with Crippen molar-refractivity contribution in [2.45, 2.75) is 30.8 Å². The first-order chi connectivity index (χ1) is 15.5. The highest BCUT2D eigenvalue weighted by atomic mass is 32.2. The number of likely N-dealkylation sites (tertiary alicyclic amines) is 2. The molecule has 8 heteroatoms. The molecule has 32 heavy (non-hydrogen) atoms. The van der Waals surface area contributed by atoms with Gasteiger partial charge >= 0.3 is 0 Å². The number of para-hydroxylation sites is 1. The van der Waals surface area contributed by atoms with E-state index in [0.717, 1.165) is 66.9 Å². The number of pyridine rings is 1. The molecule has 0 unspecified atom stereocenters. The Bertz CT molecular complexity index is 976. The van der Waals surface area contributed by atoms with E-state index in [0.29, 0.717) is 12.1 Å². The standard InChI is InChI=1S/C24H30N4O2S2/c1-30-20-8-4-3-6-18(20)16-26-23(31)28-15-11-24(17-28)9-13-27(14-10-24)22(29)19-7-5-12-25-21(19)32-2/h3-8,12H,9-11,13-17H2,1-2H3,(H,26,31). The summed E-state index contributed by atoms with van der Waals surface area (Å²) in [5, 5.41) is 5.00. The van der Waals surface area contributed by atoms with E-state index < -0.39 is 0 Å². The molecule has 1 spiro atoms. The van der Waals surface area contributed by atoms with E-state index in [1.165, 1.54) is 11.8 Å². The number of carbonyl (C=O) groups is 1. The number of ether oxygens (including phenoxy) is 1. The third-order valence-electron chi connectivity index (χ3n) is 6.65. The van der Waals surface area contributed by atoms with Crippen LogP contribution in [-0.2, 0) is 6.54 Å². The third kappa shape index (κ3) is 4.86. The number of piperidine rings is 1. The molecular weight excluding hydrogens is 440 g/mol. The van der Waals surface area contributed by atoms with Crippen LogP contribution in [0.15, 0.2) is 47.6 Å². The number of carbonyl (C=O) groups excluding carboxylic acids is 1. The largest absolute Gasteiger partial charge is 0.496 e. The van der Waals surface area contributed by atoms with Gasteiger partial charge in [-0.15, -0.1) is 11.8 Å². The molecule has 2 saturated heterocycles.